The van der Waals surface area contributed by atoms with Crippen LogP contribution in [0.1, 0.15) is 58.3 Å². The van der Waals surface area contributed by atoms with Crippen LogP contribution in [-0.4, -0.2) is 20.8 Å². The molecule has 0 radical (unpaired) electrons. The Labute approximate surface area is 104 Å². The summed E-state index contributed by atoms with van der Waals surface area (Å²) in [6.45, 7) is 6.57. The van der Waals surface area contributed by atoms with Crippen molar-refractivity contribution in [2.45, 2.75) is 65.0 Å². The Kier molecular flexibility index (Phi) is 3.52. The minimum atomic E-state index is 0.201. The molecule has 4 nitrogen and oxygen atoms in total. The molecular formula is C13H24N4. The first kappa shape index (κ1) is 12.6. The molecule has 17 heavy (non-hydrogen) atoms. The third kappa shape index (κ3) is 2.51. The summed E-state index contributed by atoms with van der Waals surface area (Å²) < 4.78 is 1.98. The van der Waals surface area contributed by atoms with E-state index in [4.69, 9.17) is 5.73 Å². The zero-order valence-electron chi connectivity index (χ0n) is 11.2. The van der Waals surface area contributed by atoms with Crippen molar-refractivity contribution in [1.82, 2.24) is 14.8 Å². The number of rotatable bonds is 4. The van der Waals surface area contributed by atoms with Gasteiger partial charge in [-0.3, -0.25) is 0 Å². The van der Waals surface area contributed by atoms with Gasteiger partial charge in [-0.2, -0.15) is 5.10 Å². The molecule has 0 bridgehead atoms. The van der Waals surface area contributed by atoms with Crippen LogP contribution >= 0.6 is 0 Å². The van der Waals surface area contributed by atoms with Crippen molar-refractivity contribution in [2.75, 3.05) is 0 Å². The Hall–Kier alpha value is -0.900. The molecule has 1 saturated carbocycles. The molecule has 1 aliphatic rings. The molecule has 1 heterocycles. The van der Waals surface area contributed by atoms with E-state index in [0.29, 0.717) is 11.5 Å². The monoisotopic (exact) mass is 236 g/mol. The topological polar surface area (TPSA) is 56.7 Å². The summed E-state index contributed by atoms with van der Waals surface area (Å²) in [5, 5.41) is 4.27. The molecule has 2 N–H and O–H groups in total. The number of nitrogens with zero attached hydrogens (tertiary/aromatic N) is 3. The first-order valence-corrected chi connectivity index (χ1v) is 6.67. The lowest BCUT2D eigenvalue weighted by molar-refractivity contribution is 0.254. The highest BCUT2D eigenvalue weighted by Crippen LogP contribution is 2.40. The van der Waals surface area contributed by atoms with E-state index in [1.165, 1.54) is 25.7 Å². The zero-order chi connectivity index (χ0) is 12.5. The maximum atomic E-state index is 6.39. The molecule has 0 aromatic carbocycles. The standard InChI is InChI=1S/C13H24N4/c1-10(2)17-12(15-9-16-17)8-11(14)13(3)6-4-5-7-13/h9-11H,4-8,14H2,1-3H3. The molecule has 0 spiro atoms. The van der Waals surface area contributed by atoms with E-state index >= 15 is 0 Å². The second-order valence-corrected chi connectivity index (χ2v) is 5.89. The molecule has 4 heteroatoms. The van der Waals surface area contributed by atoms with E-state index in [1.54, 1.807) is 6.33 Å². The van der Waals surface area contributed by atoms with Gasteiger partial charge in [0.15, 0.2) is 0 Å². The first-order valence-electron chi connectivity index (χ1n) is 6.67. The molecule has 0 aliphatic heterocycles. The van der Waals surface area contributed by atoms with Crippen molar-refractivity contribution in [2.24, 2.45) is 11.1 Å². The van der Waals surface area contributed by atoms with Gasteiger partial charge in [0, 0.05) is 18.5 Å². The van der Waals surface area contributed by atoms with Crippen molar-refractivity contribution in [3.63, 3.8) is 0 Å². The van der Waals surface area contributed by atoms with Crippen molar-refractivity contribution in [3.05, 3.63) is 12.2 Å². The quantitative estimate of drug-likeness (QED) is 0.872. The number of nitrogens with two attached hydrogens (primary N) is 1. The average Bonchev–Trinajstić information content (AvgIpc) is 2.87. The van der Waals surface area contributed by atoms with Crippen molar-refractivity contribution in [1.29, 1.82) is 0 Å². The third-order valence-electron chi connectivity index (χ3n) is 4.18. The minimum absolute atomic E-state index is 0.201. The van der Waals surface area contributed by atoms with Crippen LogP contribution in [0.4, 0.5) is 0 Å². The molecular weight excluding hydrogens is 212 g/mol. The molecule has 1 unspecified atom stereocenters. The first-order chi connectivity index (χ1) is 8.03. The molecule has 1 aromatic rings. The van der Waals surface area contributed by atoms with Gasteiger partial charge in [0.05, 0.1) is 0 Å². The lowest BCUT2D eigenvalue weighted by Gasteiger charge is -2.31. The summed E-state index contributed by atoms with van der Waals surface area (Å²) >= 11 is 0. The number of hydrogen-bond acceptors (Lipinski definition) is 3. The normalized spacial score (nSPS) is 21.0. The molecule has 0 amide bonds. The van der Waals surface area contributed by atoms with Gasteiger partial charge in [0.1, 0.15) is 12.2 Å². The lowest BCUT2D eigenvalue weighted by Crippen LogP contribution is -2.40. The molecule has 2 rings (SSSR count). The summed E-state index contributed by atoms with van der Waals surface area (Å²) in [4.78, 5) is 4.35. The van der Waals surface area contributed by atoms with Crippen LogP contribution in [0, 0.1) is 5.41 Å². The second kappa shape index (κ2) is 4.77. The van der Waals surface area contributed by atoms with Gasteiger partial charge >= 0.3 is 0 Å². The SMILES string of the molecule is CC(C)n1ncnc1CC(N)C1(C)CCCC1. The number of hydrogen-bond donors (Lipinski definition) is 1. The van der Waals surface area contributed by atoms with Gasteiger partial charge in [-0.15, -0.1) is 0 Å². The highest BCUT2D eigenvalue weighted by molar-refractivity contribution is 4.98. The van der Waals surface area contributed by atoms with Gasteiger partial charge < -0.3 is 5.73 Å². The van der Waals surface area contributed by atoms with E-state index in [-0.39, 0.29) is 6.04 Å². The summed E-state index contributed by atoms with van der Waals surface area (Å²) in [6, 6.07) is 0.558. The van der Waals surface area contributed by atoms with E-state index in [2.05, 4.69) is 30.9 Å². The van der Waals surface area contributed by atoms with E-state index in [9.17, 15) is 0 Å². The minimum Gasteiger partial charge on any atom is -0.327 e. The van der Waals surface area contributed by atoms with E-state index in [1.807, 2.05) is 4.68 Å². The van der Waals surface area contributed by atoms with Crippen molar-refractivity contribution in [3.8, 4) is 0 Å². The molecule has 1 aliphatic carbocycles. The molecule has 1 atom stereocenters. The summed E-state index contributed by atoms with van der Waals surface area (Å²) in [5.41, 5.74) is 6.69. The summed E-state index contributed by atoms with van der Waals surface area (Å²) in [5.74, 6) is 1.03. The molecule has 1 fully saturated rings. The van der Waals surface area contributed by atoms with Crippen molar-refractivity contribution >= 4 is 0 Å². The van der Waals surface area contributed by atoms with Crippen LogP contribution < -0.4 is 5.73 Å². The maximum absolute atomic E-state index is 6.39. The Morgan fingerprint density at radius 3 is 2.65 bits per heavy atom. The number of aromatic nitrogens is 3. The van der Waals surface area contributed by atoms with Crippen molar-refractivity contribution < 1.29 is 0 Å². The van der Waals surface area contributed by atoms with Crippen LogP contribution in [0.5, 0.6) is 0 Å². The fourth-order valence-corrected chi connectivity index (χ4v) is 2.85. The van der Waals surface area contributed by atoms with Crippen LogP contribution in [-0.2, 0) is 6.42 Å². The van der Waals surface area contributed by atoms with Gasteiger partial charge in [-0.1, -0.05) is 19.8 Å². The van der Waals surface area contributed by atoms with Gasteiger partial charge in [0.2, 0.25) is 0 Å². The van der Waals surface area contributed by atoms with Crippen LogP contribution in [0.25, 0.3) is 0 Å². The maximum Gasteiger partial charge on any atom is 0.138 e. The molecule has 0 saturated heterocycles. The fraction of sp³-hybridized carbons (Fsp3) is 0.846. The Bertz CT molecular complexity index is 363. The lowest BCUT2D eigenvalue weighted by atomic mass is 9.79. The highest BCUT2D eigenvalue weighted by atomic mass is 15.3. The summed E-state index contributed by atoms with van der Waals surface area (Å²) in [6.07, 6.45) is 7.63. The largest absolute Gasteiger partial charge is 0.327 e. The summed E-state index contributed by atoms with van der Waals surface area (Å²) in [7, 11) is 0. The zero-order valence-corrected chi connectivity index (χ0v) is 11.2. The van der Waals surface area contributed by atoms with Gasteiger partial charge in [0.25, 0.3) is 0 Å². The Balaban J connectivity index is 2.07. The predicted molar refractivity (Wildman–Crippen MR) is 68.7 cm³/mol. The fourth-order valence-electron chi connectivity index (χ4n) is 2.85. The van der Waals surface area contributed by atoms with E-state index < -0.39 is 0 Å². The van der Waals surface area contributed by atoms with Crippen LogP contribution in [0.2, 0.25) is 0 Å². The Morgan fingerprint density at radius 1 is 1.41 bits per heavy atom. The molecule has 1 aromatic heterocycles. The smallest absolute Gasteiger partial charge is 0.138 e. The Morgan fingerprint density at radius 2 is 2.06 bits per heavy atom. The van der Waals surface area contributed by atoms with Crippen LogP contribution in [0.3, 0.4) is 0 Å². The predicted octanol–water partition coefficient (Wildman–Crippen LogP) is 2.31. The van der Waals surface area contributed by atoms with Crippen LogP contribution in [0.15, 0.2) is 6.33 Å². The van der Waals surface area contributed by atoms with E-state index in [0.717, 1.165) is 12.2 Å². The second-order valence-electron chi connectivity index (χ2n) is 5.89. The van der Waals surface area contributed by atoms with Gasteiger partial charge in [-0.05, 0) is 32.1 Å². The molecule has 96 valence electrons. The highest BCUT2D eigenvalue weighted by Gasteiger charge is 2.35. The third-order valence-corrected chi connectivity index (χ3v) is 4.18. The average molecular weight is 236 g/mol. The van der Waals surface area contributed by atoms with Gasteiger partial charge in [-0.25, -0.2) is 9.67 Å².